The van der Waals surface area contributed by atoms with E-state index in [4.69, 9.17) is 27.4 Å². The Bertz CT molecular complexity index is 629. The Hall–Kier alpha value is -2.21. The lowest BCUT2D eigenvalue weighted by molar-refractivity contribution is 0.216. The Labute approximate surface area is 126 Å². The summed E-state index contributed by atoms with van der Waals surface area (Å²) in [6.07, 6.45) is 0. The molecule has 110 valence electrons. The minimum Gasteiger partial charge on any atom is -0.490 e. The van der Waals surface area contributed by atoms with Gasteiger partial charge in [0.2, 0.25) is 0 Å². The van der Waals surface area contributed by atoms with Gasteiger partial charge in [-0.2, -0.15) is 0 Å². The van der Waals surface area contributed by atoms with Gasteiger partial charge in [0.1, 0.15) is 41.3 Å². The van der Waals surface area contributed by atoms with E-state index in [0.29, 0.717) is 11.3 Å². The van der Waals surface area contributed by atoms with Crippen molar-refractivity contribution in [3.63, 3.8) is 0 Å². The molecular formula is C15H13F2NO2S. The van der Waals surface area contributed by atoms with Gasteiger partial charge in [-0.25, -0.2) is 8.78 Å². The largest absolute Gasteiger partial charge is 0.490 e. The Morgan fingerprint density at radius 2 is 1.62 bits per heavy atom. The summed E-state index contributed by atoms with van der Waals surface area (Å²) >= 11 is 4.92. The lowest BCUT2D eigenvalue weighted by Crippen LogP contribution is -2.14. The van der Waals surface area contributed by atoms with Gasteiger partial charge >= 0.3 is 0 Å². The van der Waals surface area contributed by atoms with Gasteiger partial charge in [0, 0.05) is 18.2 Å². The van der Waals surface area contributed by atoms with Crippen LogP contribution in [-0.2, 0) is 0 Å². The van der Waals surface area contributed by atoms with Gasteiger partial charge < -0.3 is 15.2 Å². The van der Waals surface area contributed by atoms with Crippen LogP contribution in [0.2, 0.25) is 0 Å². The highest BCUT2D eigenvalue weighted by Crippen LogP contribution is 2.18. The molecule has 0 bridgehead atoms. The third-order valence-corrected chi connectivity index (χ3v) is 2.82. The molecule has 2 aromatic rings. The monoisotopic (exact) mass is 309 g/mol. The second-order valence-corrected chi connectivity index (χ2v) is 4.60. The van der Waals surface area contributed by atoms with Gasteiger partial charge in [0.15, 0.2) is 0 Å². The maximum absolute atomic E-state index is 13.0. The van der Waals surface area contributed by atoms with Gasteiger partial charge in [-0.1, -0.05) is 24.4 Å². The third kappa shape index (κ3) is 4.39. The third-order valence-electron chi connectivity index (χ3n) is 2.60. The Kier molecular flexibility index (Phi) is 5.05. The first kappa shape index (κ1) is 15.2. The number of halogens is 2. The molecule has 0 aromatic heterocycles. The van der Waals surface area contributed by atoms with E-state index in [-0.39, 0.29) is 24.0 Å². The predicted molar refractivity (Wildman–Crippen MR) is 79.7 cm³/mol. The van der Waals surface area contributed by atoms with Gasteiger partial charge in [0.05, 0.1) is 5.56 Å². The van der Waals surface area contributed by atoms with Crippen molar-refractivity contribution in [3.8, 4) is 11.5 Å². The summed E-state index contributed by atoms with van der Waals surface area (Å²) in [5.74, 6) is -0.729. The molecule has 2 rings (SSSR count). The van der Waals surface area contributed by atoms with Crippen molar-refractivity contribution in [2.24, 2.45) is 5.73 Å². The molecule has 0 heterocycles. The van der Waals surface area contributed by atoms with E-state index in [9.17, 15) is 8.78 Å². The average molecular weight is 309 g/mol. The molecular weight excluding hydrogens is 296 g/mol. The molecule has 0 amide bonds. The van der Waals surface area contributed by atoms with Crippen LogP contribution in [0, 0.1) is 11.6 Å². The Morgan fingerprint density at radius 3 is 2.29 bits per heavy atom. The summed E-state index contributed by atoms with van der Waals surface area (Å²) in [5.41, 5.74) is 6.21. The van der Waals surface area contributed by atoms with Crippen LogP contribution in [0.15, 0.2) is 42.5 Å². The summed E-state index contributed by atoms with van der Waals surface area (Å²) in [6.45, 7) is 0.326. The van der Waals surface area contributed by atoms with Crippen molar-refractivity contribution >= 4 is 17.2 Å². The zero-order chi connectivity index (χ0) is 15.2. The SMILES string of the molecule is NC(=S)c1ccccc1OCCOc1cc(F)cc(F)c1. The van der Waals surface area contributed by atoms with Crippen LogP contribution in [0.5, 0.6) is 11.5 Å². The van der Waals surface area contributed by atoms with E-state index in [0.717, 1.165) is 18.2 Å². The van der Waals surface area contributed by atoms with E-state index < -0.39 is 11.6 Å². The fourth-order valence-electron chi connectivity index (χ4n) is 1.72. The second-order valence-electron chi connectivity index (χ2n) is 4.16. The topological polar surface area (TPSA) is 44.5 Å². The molecule has 2 N–H and O–H groups in total. The highest BCUT2D eigenvalue weighted by atomic mass is 32.1. The molecule has 0 aliphatic heterocycles. The number of hydrogen-bond acceptors (Lipinski definition) is 3. The lowest BCUT2D eigenvalue weighted by Gasteiger charge is -2.11. The number of nitrogens with two attached hydrogens (primary N) is 1. The Morgan fingerprint density at radius 1 is 1.00 bits per heavy atom. The molecule has 0 saturated heterocycles. The van der Waals surface area contributed by atoms with Crippen molar-refractivity contribution in [3.05, 3.63) is 59.7 Å². The zero-order valence-electron chi connectivity index (χ0n) is 11.0. The summed E-state index contributed by atoms with van der Waals surface area (Å²) < 4.78 is 36.7. The lowest BCUT2D eigenvalue weighted by atomic mass is 10.2. The van der Waals surface area contributed by atoms with Gasteiger partial charge in [-0.05, 0) is 12.1 Å². The van der Waals surface area contributed by atoms with Gasteiger partial charge in [-0.15, -0.1) is 0 Å². The molecule has 0 spiro atoms. The van der Waals surface area contributed by atoms with E-state index >= 15 is 0 Å². The van der Waals surface area contributed by atoms with Crippen LogP contribution in [0.25, 0.3) is 0 Å². The molecule has 2 aromatic carbocycles. The molecule has 3 nitrogen and oxygen atoms in total. The number of para-hydroxylation sites is 1. The second kappa shape index (κ2) is 6.99. The zero-order valence-corrected chi connectivity index (χ0v) is 11.8. The molecule has 0 unspecified atom stereocenters. The van der Waals surface area contributed by atoms with Crippen molar-refractivity contribution in [1.82, 2.24) is 0 Å². The van der Waals surface area contributed by atoms with E-state index in [1.54, 1.807) is 24.3 Å². The minimum atomic E-state index is -0.690. The number of benzene rings is 2. The molecule has 6 heteroatoms. The summed E-state index contributed by atoms with van der Waals surface area (Å²) in [4.78, 5) is 0.235. The number of rotatable bonds is 6. The molecule has 0 aliphatic carbocycles. The smallest absolute Gasteiger partial charge is 0.129 e. The quantitative estimate of drug-likeness (QED) is 0.658. The molecule has 0 radical (unpaired) electrons. The normalized spacial score (nSPS) is 10.2. The molecule has 0 atom stereocenters. The summed E-state index contributed by atoms with van der Waals surface area (Å²) in [5, 5.41) is 0. The first-order valence-corrected chi connectivity index (χ1v) is 6.57. The van der Waals surface area contributed by atoms with Crippen LogP contribution in [-0.4, -0.2) is 18.2 Å². The van der Waals surface area contributed by atoms with Crippen LogP contribution < -0.4 is 15.2 Å². The maximum Gasteiger partial charge on any atom is 0.129 e. The van der Waals surface area contributed by atoms with Crippen LogP contribution >= 0.6 is 12.2 Å². The molecule has 0 aliphatic rings. The van der Waals surface area contributed by atoms with E-state index in [1.807, 2.05) is 0 Å². The minimum absolute atomic E-state index is 0.110. The van der Waals surface area contributed by atoms with Crippen molar-refractivity contribution in [2.75, 3.05) is 13.2 Å². The van der Waals surface area contributed by atoms with Gasteiger partial charge in [0.25, 0.3) is 0 Å². The fraction of sp³-hybridized carbons (Fsp3) is 0.133. The average Bonchev–Trinajstić information content (AvgIpc) is 2.43. The fourth-order valence-corrected chi connectivity index (χ4v) is 1.89. The van der Waals surface area contributed by atoms with Crippen LogP contribution in [0.4, 0.5) is 8.78 Å². The first-order valence-electron chi connectivity index (χ1n) is 6.17. The summed E-state index contributed by atoms with van der Waals surface area (Å²) in [6, 6.07) is 10.1. The molecule has 0 fully saturated rings. The highest BCUT2D eigenvalue weighted by Gasteiger charge is 2.06. The number of ether oxygens (including phenoxy) is 2. The standard InChI is InChI=1S/C15H13F2NO2S/c16-10-7-11(17)9-12(8-10)19-5-6-20-14-4-2-1-3-13(14)15(18)21/h1-4,7-9H,5-6H2,(H2,18,21). The van der Waals surface area contributed by atoms with Crippen LogP contribution in [0.3, 0.4) is 0 Å². The van der Waals surface area contributed by atoms with Gasteiger partial charge in [-0.3, -0.25) is 0 Å². The van der Waals surface area contributed by atoms with Crippen LogP contribution in [0.1, 0.15) is 5.56 Å². The molecule has 21 heavy (non-hydrogen) atoms. The number of hydrogen-bond donors (Lipinski definition) is 1. The molecule has 0 saturated carbocycles. The van der Waals surface area contributed by atoms with Crippen molar-refractivity contribution in [1.29, 1.82) is 0 Å². The predicted octanol–water partition coefficient (Wildman–Crippen LogP) is 3.06. The first-order chi connectivity index (χ1) is 10.1. The van der Waals surface area contributed by atoms with Crippen molar-refractivity contribution < 1.29 is 18.3 Å². The highest BCUT2D eigenvalue weighted by molar-refractivity contribution is 7.80. The maximum atomic E-state index is 13.0. The summed E-state index contributed by atoms with van der Waals surface area (Å²) in [7, 11) is 0. The Balaban J connectivity index is 1.89. The van der Waals surface area contributed by atoms with E-state index in [2.05, 4.69) is 0 Å². The van der Waals surface area contributed by atoms with Crippen molar-refractivity contribution in [2.45, 2.75) is 0 Å². The number of thiocarbonyl (C=S) groups is 1. The van der Waals surface area contributed by atoms with E-state index in [1.165, 1.54) is 0 Å².